The zero-order valence-electron chi connectivity index (χ0n) is 10.5. The lowest BCUT2D eigenvalue weighted by Gasteiger charge is -2.30. The summed E-state index contributed by atoms with van der Waals surface area (Å²) >= 11 is 0. The second-order valence-electron chi connectivity index (χ2n) is 4.53. The fraction of sp³-hybridized carbons (Fsp3) is 0.429. The first-order valence-corrected chi connectivity index (χ1v) is 8.91. The maximum atomic E-state index is 2.61. The second kappa shape index (κ2) is 4.46. The summed E-state index contributed by atoms with van der Waals surface area (Å²) in [5.41, 5.74) is 1.43. The molecule has 0 saturated heterocycles. The van der Waals surface area contributed by atoms with Gasteiger partial charge in [-0.1, -0.05) is 39.0 Å². The van der Waals surface area contributed by atoms with E-state index in [0.717, 1.165) is 0 Å². The fourth-order valence-corrected chi connectivity index (χ4v) is 6.39. The lowest BCUT2D eigenvalue weighted by atomic mass is 10.3. The molecule has 0 amide bonds. The van der Waals surface area contributed by atoms with Gasteiger partial charge in [0.25, 0.3) is 0 Å². The summed E-state index contributed by atoms with van der Waals surface area (Å²) in [7, 11) is -1.29. The van der Waals surface area contributed by atoms with Gasteiger partial charge in [-0.15, -0.1) is 0 Å². The van der Waals surface area contributed by atoms with Gasteiger partial charge in [0.2, 0.25) is 0 Å². The third-order valence-corrected chi connectivity index (χ3v) is 9.45. The highest BCUT2D eigenvalue weighted by Crippen LogP contribution is 2.27. The van der Waals surface area contributed by atoms with Crippen LogP contribution < -0.4 is 0 Å². The molecule has 0 radical (unpaired) electrons. The Morgan fingerprint density at radius 3 is 2.19 bits per heavy atom. The van der Waals surface area contributed by atoms with Crippen LogP contribution in [-0.2, 0) is 0 Å². The van der Waals surface area contributed by atoms with Crippen molar-refractivity contribution >= 4 is 19.1 Å². The van der Waals surface area contributed by atoms with Gasteiger partial charge in [0.05, 0.1) is 0 Å². The molecule has 2 rings (SSSR count). The highest BCUT2D eigenvalue weighted by molar-refractivity contribution is 6.78. The van der Waals surface area contributed by atoms with Crippen LogP contribution in [0.15, 0.2) is 36.5 Å². The molecular formula is C14H21NSi. The van der Waals surface area contributed by atoms with Crippen molar-refractivity contribution in [3.05, 3.63) is 36.5 Å². The van der Waals surface area contributed by atoms with Gasteiger partial charge < -0.3 is 4.23 Å². The van der Waals surface area contributed by atoms with Crippen molar-refractivity contribution in [2.45, 2.75) is 38.9 Å². The quantitative estimate of drug-likeness (QED) is 0.683. The van der Waals surface area contributed by atoms with Crippen LogP contribution in [0.5, 0.6) is 0 Å². The molecule has 0 N–H and O–H groups in total. The number of fused-ring (bicyclic) bond motifs is 1. The lowest BCUT2D eigenvalue weighted by Crippen LogP contribution is -2.40. The lowest BCUT2D eigenvalue weighted by molar-refractivity contribution is 1.04. The minimum Gasteiger partial charge on any atom is -0.374 e. The molecule has 0 atom stereocenters. The Morgan fingerprint density at radius 2 is 1.56 bits per heavy atom. The van der Waals surface area contributed by atoms with Crippen molar-refractivity contribution in [3.8, 4) is 0 Å². The minimum atomic E-state index is -1.29. The number of benzene rings is 1. The Hall–Kier alpha value is -1.02. The van der Waals surface area contributed by atoms with Crippen LogP contribution >= 0.6 is 0 Å². The average Bonchev–Trinajstić information content (AvgIpc) is 2.77. The van der Waals surface area contributed by atoms with E-state index in [9.17, 15) is 0 Å². The van der Waals surface area contributed by atoms with E-state index in [1.807, 2.05) is 0 Å². The largest absolute Gasteiger partial charge is 0.374 e. The van der Waals surface area contributed by atoms with Crippen LogP contribution in [0.3, 0.4) is 0 Å². The summed E-state index contributed by atoms with van der Waals surface area (Å²) in [5, 5.41) is 1.38. The molecule has 1 aromatic carbocycles. The monoisotopic (exact) mass is 231 g/mol. The Labute approximate surface area is 99.2 Å². The van der Waals surface area contributed by atoms with E-state index in [2.05, 4.69) is 61.5 Å². The molecule has 0 bridgehead atoms. The third kappa shape index (κ3) is 1.61. The van der Waals surface area contributed by atoms with Gasteiger partial charge in [0.1, 0.15) is 0 Å². The summed E-state index contributed by atoms with van der Waals surface area (Å²) in [5.74, 6) is 0. The predicted molar refractivity (Wildman–Crippen MR) is 74.5 cm³/mol. The van der Waals surface area contributed by atoms with Crippen LogP contribution in [0.1, 0.15) is 20.8 Å². The number of aromatic nitrogens is 1. The average molecular weight is 231 g/mol. The summed E-state index contributed by atoms with van der Waals surface area (Å²) in [6.45, 7) is 7.07. The summed E-state index contributed by atoms with van der Waals surface area (Å²) < 4.78 is 2.61. The van der Waals surface area contributed by atoms with E-state index in [0.29, 0.717) is 0 Å². The normalized spacial score (nSPS) is 12.2. The van der Waals surface area contributed by atoms with Gasteiger partial charge in [0, 0.05) is 5.52 Å². The highest BCUT2D eigenvalue weighted by atomic mass is 28.3. The summed E-state index contributed by atoms with van der Waals surface area (Å²) in [4.78, 5) is 0. The predicted octanol–water partition coefficient (Wildman–Crippen LogP) is 4.49. The van der Waals surface area contributed by atoms with Gasteiger partial charge in [-0.3, -0.25) is 0 Å². The van der Waals surface area contributed by atoms with Gasteiger partial charge in [-0.05, 0) is 41.8 Å². The molecule has 0 aliphatic heterocycles. The van der Waals surface area contributed by atoms with Crippen molar-refractivity contribution in [1.29, 1.82) is 0 Å². The van der Waals surface area contributed by atoms with Crippen LogP contribution in [-0.4, -0.2) is 12.5 Å². The van der Waals surface area contributed by atoms with Gasteiger partial charge in [-0.2, -0.15) is 0 Å². The number of hydrogen-bond donors (Lipinski definition) is 0. The first-order chi connectivity index (χ1) is 7.77. The van der Waals surface area contributed by atoms with E-state index in [1.165, 1.54) is 29.0 Å². The first kappa shape index (κ1) is 11.5. The molecule has 2 aromatic rings. The Balaban J connectivity index is 2.61. The molecule has 2 heteroatoms. The van der Waals surface area contributed by atoms with Crippen molar-refractivity contribution in [2.24, 2.45) is 0 Å². The van der Waals surface area contributed by atoms with Crippen LogP contribution in [0.25, 0.3) is 10.9 Å². The van der Waals surface area contributed by atoms with E-state index >= 15 is 0 Å². The van der Waals surface area contributed by atoms with Crippen molar-refractivity contribution in [2.75, 3.05) is 0 Å². The van der Waals surface area contributed by atoms with Gasteiger partial charge in [-0.25, -0.2) is 0 Å². The number of hydrogen-bond acceptors (Lipinski definition) is 0. The third-order valence-electron chi connectivity index (χ3n) is 4.08. The number of nitrogens with zero attached hydrogens (tertiary/aromatic N) is 1. The summed E-state index contributed by atoms with van der Waals surface area (Å²) in [6.07, 6.45) is 2.31. The maximum Gasteiger partial charge on any atom is 0.161 e. The van der Waals surface area contributed by atoms with E-state index < -0.39 is 8.24 Å². The van der Waals surface area contributed by atoms with Crippen molar-refractivity contribution in [1.82, 2.24) is 4.23 Å². The number of rotatable bonds is 4. The first-order valence-electron chi connectivity index (χ1n) is 6.34. The SMILES string of the molecule is CC[Si](CC)(CC)n1ccc2ccccc21. The molecule has 1 aromatic heterocycles. The van der Waals surface area contributed by atoms with Crippen molar-refractivity contribution in [3.63, 3.8) is 0 Å². The second-order valence-corrected chi connectivity index (χ2v) is 9.58. The Bertz CT molecular complexity index is 460. The van der Waals surface area contributed by atoms with Crippen molar-refractivity contribution < 1.29 is 0 Å². The van der Waals surface area contributed by atoms with Crippen LogP contribution in [0.4, 0.5) is 0 Å². The topological polar surface area (TPSA) is 4.93 Å². The molecule has 0 saturated carbocycles. The molecule has 1 nitrogen and oxygen atoms in total. The highest BCUT2D eigenvalue weighted by Gasteiger charge is 2.30. The molecule has 0 fully saturated rings. The standard InChI is InChI=1S/C14H21NSi/c1-4-16(5-2,6-3)15-12-11-13-9-7-8-10-14(13)15/h7-12H,4-6H2,1-3H3. The molecule has 0 aliphatic carbocycles. The Kier molecular flexibility index (Phi) is 3.19. The maximum absolute atomic E-state index is 2.61. The molecule has 0 aliphatic rings. The van der Waals surface area contributed by atoms with Crippen LogP contribution in [0, 0.1) is 0 Å². The summed E-state index contributed by atoms with van der Waals surface area (Å²) in [6, 6.07) is 15.0. The minimum absolute atomic E-state index is 1.29. The molecular weight excluding hydrogens is 210 g/mol. The molecule has 0 unspecified atom stereocenters. The Morgan fingerprint density at radius 1 is 0.938 bits per heavy atom. The molecule has 16 heavy (non-hydrogen) atoms. The smallest absolute Gasteiger partial charge is 0.161 e. The van der Waals surface area contributed by atoms with E-state index in [-0.39, 0.29) is 0 Å². The van der Waals surface area contributed by atoms with E-state index in [4.69, 9.17) is 0 Å². The zero-order valence-corrected chi connectivity index (χ0v) is 11.5. The van der Waals surface area contributed by atoms with Gasteiger partial charge in [0.15, 0.2) is 8.24 Å². The molecule has 1 heterocycles. The zero-order chi connectivity index (χ0) is 11.6. The molecule has 0 spiro atoms. The van der Waals surface area contributed by atoms with Gasteiger partial charge >= 0.3 is 0 Å². The van der Waals surface area contributed by atoms with Crippen LogP contribution in [0.2, 0.25) is 18.1 Å². The number of para-hydroxylation sites is 1. The molecule has 86 valence electrons. The fourth-order valence-electron chi connectivity index (χ4n) is 2.76. The van der Waals surface area contributed by atoms with E-state index in [1.54, 1.807) is 0 Å².